The smallest absolute Gasteiger partial charge is 0.188 e. The van der Waals surface area contributed by atoms with Crippen LogP contribution in [0.25, 0.3) is 0 Å². The summed E-state index contributed by atoms with van der Waals surface area (Å²) in [5.41, 5.74) is 2.03. The maximum Gasteiger partial charge on any atom is 0.188 e. The van der Waals surface area contributed by atoms with E-state index in [0.717, 1.165) is 0 Å². The molecule has 0 aromatic heterocycles. The zero-order valence-corrected chi connectivity index (χ0v) is 11.0. The summed E-state index contributed by atoms with van der Waals surface area (Å²) in [6.07, 6.45) is 2.90. The molecule has 0 aliphatic carbocycles. The molecule has 0 fully saturated rings. The molecule has 1 rings (SSSR count). The minimum absolute atomic E-state index is 0.0288. The van der Waals surface area contributed by atoms with E-state index in [1.54, 1.807) is 0 Å². The minimum atomic E-state index is -0.0288. The summed E-state index contributed by atoms with van der Waals surface area (Å²) in [5, 5.41) is 0. The Labute approximate surface area is 103 Å². The third-order valence-electron chi connectivity index (χ3n) is 2.52. The first kappa shape index (κ1) is 13.5. The van der Waals surface area contributed by atoms with Gasteiger partial charge < -0.3 is 4.74 Å². The van der Waals surface area contributed by atoms with Gasteiger partial charge >= 0.3 is 0 Å². The number of carbonyl (C=O) groups excluding carboxylic acids is 1. The monoisotopic (exact) mass is 232 g/mol. The number of rotatable bonds is 4. The molecule has 0 unspecified atom stereocenters. The van der Waals surface area contributed by atoms with Gasteiger partial charge in [-0.05, 0) is 17.9 Å². The molecule has 1 aromatic carbocycles. The third kappa shape index (κ3) is 4.06. The molecule has 0 aliphatic heterocycles. The van der Waals surface area contributed by atoms with E-state index in [2.05, 4.69) is 20.8 Å². The van der Waals surface area contributed by atoms with E-state index in [4.69, 9.17) is 4.74 Å². The quantitative estimate of drug-likeness (QED) is 0.449. The molecule has 0 saturated heterocycles. The second kappa shape index (κ2) is 5.67. The highest BCUT2D eigenvalue weighted by Gasteiger charge is 2.13. The molecule has 0 bridgehead atoms. The van der Waals surface area contributed by atoms with Crippen molar-refractivity contribution >= 4 is 5.78 Å². The van der Waals surface area contributed by atoms with Gasteiger partial charge in [0, 0.05) is 11.6 Å². The van der Waals surface area contributed by atoms with E-state index in [1.165, 1.54) is 17.9 Å². The lowest BCUT2D eigenvalue weighted by Crippen LogP contribution is -2.11. The van der Waals surface area contributed by atoms with Crippen molar-refractivity contribution in [1.29, 1.82) is 0 Å². The van der Waals surface area contributed by atoms with Crippen LogP contribution in [0.15, 0.2) is 36.6 Å². The van der Waals surface area contributed by atoms with Gasteiger partial charge in [-0.3, -0.25) is 4.79 Å². The van der Waals surface area contributed by atoms with Crippen LogP contribution in [0, 0.1) is 0 Å². The fourth-order valence-corrected chi connectivity index (χ4v) is 1.44. The molecule has 17 heavy (non-hydrogen) atoms. The average Bonchev–Trinajstić information content (AvgIpc) is 2.28. The van der Waals surface area contributed by atoms with Gasteiger partial charge in [-0.2, -0.15) is 0 Å². The summed E-state index contributed by atoms with van der Waals surface area (Å²) < 4.78 is 5.00. The number of ether oxygens (including phenoxy) is 1. The largest absolute Gasteiger partial charge is 0.501 e. The normalized spacial score (nSPS) is 11.8. The van der Waals surface area contributed by atoms with Gasteiger partial charge in [-0.1, -0.05) is 45.0 Å². The Morgan fingerprint density at radius 3 is 2.29 bits per heavy atom. The Bertz CT molecular complexity index is 394. The molecule has 0 N–H and O–H groups in total. The van der Waals surface area contributed by atoms with Gasteiger partial charge in [0.05, 0.1) is 12.9 Å². The maximum absolute atomic E-state index is 11.7. The van der Waals surface area contributed by atoms with Crippen LogP contribution in [0.4, 0.5) is 0 Å². The van der Waals surface area contributed by atoms with Crippen molar-refractivity contribution < 1.29 is 9.53 Å². The summed E-state index contributed by atoms with van der Waals surface area (Å²) >= 11 is 0. The summed E-state index contributed by atoms with van der Waals surface area (Å²) in [7, 11) is 0. The minimum Gasteiger partial charge on any atom is -0.501 e. The van der Waals surface area contributed by atoms with Crippen molar-refractivity contribution in [3.05, 3.63) is 47.7 Å². The zero-order chi connectivity index (χ0) is 12.9. The Morgan fingerprint density at radius 2 is 1.82 bits per heavy atom. The number of hydrogen-bond donors (Lipinski definition) is 0. The molecule has 1 aromatic rings. The first-order valence-corrected chi connectivity index (χ1v) is 5.88. The SMILES string of the molecule is CCOC=CC(=O)c1ccc(C(C)(C)C)cc1. The molecule has 0 aliphatic rings. The van der Waals surface area contributed by atoms with Gasteiger partial charge in [0.25, 0.3) is 0 Å². The van der Waals surface area contributed by atoms with Crippen molar-refractivity contribution in [3.8, 4) is 0 Å². The fourth-order valence-electron chi connectivity index (χ4n) is 1.44. The number of benzene rings is 1. The van der Waals surface area contributed by atoms with Gasteiger partial charge in [0.1, 0.15) is 0 Å². The Morgan fingerprint density at radius 1 is 1.24 bits per heavy atom. The maximum atomic E-state index is 11.7. The number of ketones is 1. The van der Waals surface area contributed by atoms with Crippen LogP contribution in [0.3, 0.4) is 0 Å². The van der Waals surface area contributed by atoms with Crippen LogP contribution in [-0.2, 0) is 10.2 Å². The van der Waals surface area contributed by atoms with E-state index in [1.807, 2.05) is 31.2 Å². The third-order valence-corrected chi connectivity index (χ3v) is 2.52. The van der Waals surface area contributed by atoms with Crippen LogP contribution in [0.1, 0.15) is 43.6 Å². The lowest BCUT2D eigenvalue weighted by Gasteiger charge is -2.18. The van der Waals surface area contributed by atoms with E-state index in [0.29, 0.717) is 12.2 Å². The summed E-state index contributed by atoms with van der Waals surface area (Å²) in [6, 6.07) is 7.72. The van der Waals surface area contributed by atoms with Crippen LogP contribution >= 0.6 is 0 Å². The van der Waals surface area contributed by atoms with Crippen LogP contribution in [-0.4, -0.2) is 12.4 Å². The molecule has 2 nitrogen and oxygen atoms in total. The number of carbonyl (C=O) groups is 1. The van der Waals surface area contributed by atoms with E-state index >= 15 is 0 Å². The van der Waals surface area contributed by atoms with Crippen molar-refractivity contribution in [2.45, 2.75) is 33.1 Å². The first-order valence-electron chi connectivity index (χ1n) is 5.88. The van der Waals surface area contributed by atoms with Crippen molar-refractivity contribution in [3.63, 3.8) is 0 Å². The molecule has 0 radical (unpaired) electrons. The van der Waals surface area contributed by atoms with Crippen LogP contribution in [0.2, 0.25) is 0 Å². The van der Waals surface area contributed by atoms with E-state index in [-0.39, 0.29) is 11.2 Å². The number of allylic oxidation sites excluding steroid dienone is 1. The first-order chi connectivity index (χ1) is 7.95. The highest BCUT2D eigenvalue weighted by Crippen LogP contribution is 2.22. The molecule has 0 atom stereocenters. The Hall–Kier alpha value is -1.57. The molecular formula is C15H20O2. The predicted octanol–water partition coefficient (Wildman–Crippen LogP) is 3.72. The lowest BCUT2D eigenvalue weighted by atomic mass is 9.86. The summed E-state index contributed by atoms with van der Waals surface area (Å²) in [6.45, 7) is 8.91. The lowest BCUT2D eigenvalue weighted by molar-refractivity contribution is 0.104. The second-order valence-corrected chi connectivity index (χ2v) is 4.95. The average molecular weight is 232 g/mol. The van der Waals surface area contributed by atoms with Crippen molar-refractivity contribution in [1.82, 2.24) is 0 Å². The highest BCUT2D eigenvalue weighted by atomic mass is 16.5. The standard InChI is InChI=1S/C15H20O2/c1-5-17-11-10-14(16)12-6-8-13(9-7-12)15(2,3)4/h6-11H,5H2,1-4H3. The van der Waals surface area contributed by atoms with E-state index < -0.39 is 0 Å². The molecule has 2 heteroatoms. The molecule has 0 saturated carbocycles. The van der Waals surface area contributed by atoms with Gasteiger partial charge in [0.2, 0.25) is 0 Å². The molecule has 92 valence electrons. The van der Waals surface area contributed by atoms with Crippen molar-refractivity contribution in [2.75, 3.05) is 6.61 Å². The molecular weight excluding hydrogens is 212 g/mol. The summed E-state index contributed by atoms with van der Waals surface area (Å²) in [4.78, 5) is 11.7. The molecule has 0 heterocycles. The Kier molecular flexibility index (Phi) is 4.50. The highest BCUT2D eigenvalue weighted by molar-refractivity contribution is 6.04. The van der Waals surface area contributed by atoms with Gasteiger partial charge in [-0.25, -0.2) is 0 Å². The van der Waals surface area contributed by atoms with E-state index in [9.17, 15) is 4.79 Å². The topological polar surface area (TPSA) is 26.3 Å². The predicted molar refractivity (Wildman–Crippen MR) is 70.2 cm³/mol. The van der Waals surface area contributed by atoms with Gasteiger partial charge in [0.15, 0.2) is 5.78 Å². The van der Waals surface area contributed by atoms with Crippen LogP contribution < -0.4 is 0 Å². The molecule has 0 amide bonds. The zero-order valence-electron chi connectivity index (χ0n) is 11.0. The number of hydrogen-bond acceptors (Lipinski definition) is 2. The summed E-state index contributed by atoms with van der Waals surface area (Å²) in [5.74, 6) is -0.0288. The fraction of sp³-hybridized carbons (Fsp3) is 0.400. The second-order valence-electron chi connectivity index (χ2n) is 4.95. The van der Waals surface area contributed by atoms with Gasteiger partial charge in [-0.15, -0.1) is 0 Å². The van der Waals surface area contributed by atoms with Crippen molar-refractivity contribution in [2.24, 2.45) is 0 Å². The molecule has 0 spiro atoms. The Balaban J connectivity index is 2.78. The van der Waals surface area contributed by atoms with Crippen LogP contribution in [0.5, 0.6) is 0 Å².